The van der Waals surface area contributed by atoms with Crippen molar-refractivity contribution < 1.29 is 0 Å². The number of hydrogen-bond donors (Lipinski definition) is 1. The van der Waals surface area contributed by atoms with E-state index in [-0.39, 0.29) is 0 Å². The lowest BCUT2D eigenvalue weighted by atomic mass is 9.89. The lowest BCUT2D eigenvalue weighted by molar-refractivity contribution is 0.481. The van der Waals surface area contributed by atoms with Gasteiger partial charge in [-0.25, -0.2) is 0 Å². The van der Waals surface area contributed by atoms with Gasteiger partial charge in [0.1, 0.15) is 0 Å². The second-order valence-electron chi connectivity index (χ2n) is 5.71. The van der Waals surface area contributed by atoms with Gasteiger partial charge in [0.15, 0.2) is 0 Å². The molecule has 2 atom stereocenters. The van der Waals surface area contributed by atoms with Crippen LogP contribution in [0.4, 0.5) is 11.4 Å². The molecule has 2 nitrogen and oxygen atoms in total. The van der Waals surface area contributed by atoms with Crippen LogP contribution in [0.25, 0.3) is 0 Å². The van der Waals surface area contributed by atoms with E-state index in [1.165, 1.54) is 23.4 Å². The van der Waals surface area contributed by atoms with Crippen LogP contribution in [0.1, 0.15) is 38.3 Å². The number of hydrogen-bond acceptors (Lipinski definition) is 2. The summed E-state index contributed by atoms with van der Waals surface area (Å²) in [6, 6.07) is 20.4. The molecule has 0 saturated heterocycles. The average molecular weight is 280 g/mol. The van der Waals surface area contributed by atoms with E-state index in [1.807, 2.05) is 0 Å². The summed E-state index contributed by atoms with van der Waals surface area (Å²) in [6.45, 7) is 5.62. The molecule has 0 spiro atoms. The quantitative estimate of drug-likeness (QED) is 0.861. The molecule has 0 aromatic heterocycles. The largest absolute Gasteiger partial charge is 0.378 e. The van der Waals surface area contributed by atoms with E-state index in [0.717, 1.165) is 13.0 Å². The number of rotatable bonds is 4. The van der Waals surface area contributed by atoms with Gasteiger partial charge in [0.2, 0.25) is 0 Å². The van der Waals surface area contributed by atoms with Crippen LogP contribution in [0.3, 0.4) is 0 Å². The number of fused-ring (bicyclic) bond motifs is 1. The Hall–Kier alpha value is -1.96. The van der Waals surface area contributed by atoms with Crippen molar-refractivity contribution in [2.24, 2.45) is 0 Å². The minimum atomic E-state index is 0.399. The molecule has 1 aliphatic rings. The van der Waals surface area contributed by atoms with Crippen molar-refractivity contribution in [2.75, 3.05) is 16.8 Å². The fourth-order valence-corrected chi connectivity index (χ4v) is 3.45. The summed E-state index contributed by atoms with van der Waals surface area (Å²) in [5, 5.41) is 3.72. The summed E-state index contributed by atoms with van der Waals surface area (Å²) in [7, 11) is 0. The van der Waals surface area contributed by atoms with E-state index in [4.69, 9.17) is 0 Å². The average Bonchev–Trinajstić information content (AvgIpc) is 2.55. The number of benzene rings is 2. The molecule has 0 fully saturated rings. The van der Waals surface area contributed by atoms with Crippen molar-refractivity contribution in [2.45, 2.75) is 38.8 Å². The van der Waals surface area contributed by atoms with Crippen molar-refractivity contribution in [1.82, 2.24) is 0 Å². The van der Waals surface area contributed by atoms with E-state index < -0.39 is 0 Å². The van der Waals surface area contributed by atoms with Crippen LogP contribution >= 0.6 is 0 Å². The van der Waals surface area contributed by atoms with E-state index in [9.17, 15) is 0 Å². The van der Waals surface area contributed by atoms with Crippen LogP contribution in [-0.2, 0) is 0 Å². The number of nitrogens with zero attached hydrogens (tertiary/aromatic N) is 1. The molecule has 1 N–H and O–H groups in total. The van der Waals surface area contributed by atoms with Crippen LogP contribution in [0.15, 0.2) is 54.6 Å². The first-order chi connectivity index (χ1) is 10.3. The van der Waals surface area contributed by atoms with Gasteiger partial charge < -0.3 is 10.2 Å². The molecule has 110 valence electrons. The summed E-state index contributed by atoms with van der Waals surface area (Å²) >= 11 is 0. The van der Waals surface area contributed by atoms with Gasteiger partial charge in [-0.3, -0.25) is 0 Å². The normalized spacial score (nSPS) is 21.0. The minimum Gasteiger partial charge on any atom is -0.378 e. The van der Waals surface area contributed by atoms with Crippen molar-refractivity contribution in [1.29, 1.82) is 0 Å². The number of nitrogens with one attached hydrogen (secondary N) is 1. The first kappa shape index (κ1) is 14.0. The second kappa shape index (κ2) is 6.21. The molecule has 2 aromatic carbocycles. The van der Waals surface area contributed by atoms with Crippen molar-refractivity contribution in [3.05, 3.63) is 60.2 Å². The lowest BCUT2D eigenvalue weighted by Crippen LogP contribution is -2.41. The molecule has 2 aromatic rings. The standard InChI is InChI=1S/C19H24N2/c1-3-16-14-18(20-15-10-6-5-7-11-15)17-12-8-9-13-19(17)21(16)4-2/h5-13,16,18,20H,3-4,14H2,1-2H3. The second-order valence-corrected chi connectivity index (χ2v) is 5.71. The molecule has 3 rings (SSSR count). The Bertz CT molecular complexity index is 579. The summed E-state index contributed by atoms with van der Waals surface area (Å²) in [5.74, 6) is 0. The molecule has 0 radical (unpaired) electrons. The molecule has 0 aliphatic carbocycles. The molecule has 0 saturated carbocycles. The molecule has 0 bridgehead atoms. The SMILES string of the molecule is CCC1CC(Nc2ccccc2)c2ccccc2N1CC. The van der Waals surface area contributed by atoms with Gasteiger partial charge in [-0.15, -0.1) is 0 Å². The minimum absolute atomic E-state index is 0.399. The lowest BCUT2D eigenvalue weighted by Gasteiger charge is -2.42. The third-order valence-corrected chi connectivity index (χ3v) is 4.50. The summed E-state index contributed by atoms with van der Waals surface area (Å²) in [5.41, 5.74) is 4.02. The van der Waals surface area contributed by atoms with Crippen molar-refractivity contribution in [3.63, 3.8) is 0 Å². The van der Waals surface area contributed by atoms with Crippen LogP contribution in [0.2, 0.25) is 0 Å². The number of anilines is 2. The highest BCUT2D eigenvalue weighted by Crippen LogP contribution is 2.39. The molecule has 1 heterocycles. The molecule has 0 amide bonds. The van der Waals surface area contributed by atoms with E-state index in [2.05, 4.69) is 78.7 Å². The molecule has 21 heavy (non-hydrogen) atoms. The predicted octanol–water partition coefficient (Wildman–Crippen LogP) is 4.85. The monoisotopic (exact) mass is 280 g/mol. The summed E-state index contributed by atoms with van der Waals surface area (Å²) < 4.78 is 0. The van der Waals surface area contributed by atoms with E-state index in [1.54, 1.807) is 0 Å². The first-order valence-corrected chi connectivity index (χ1v) is 8.00. The van der Waals surface area contributed by atoms with Crippen LogP contribution in [-0.4, -0.2) is 12.6 Å². The number of para-hydroxylation sites is 2. The Kier molecular flexibility index (Phi) is 4.14. The Labute approximate surface area is 127 Å². The smallest absolute Gasteiger partial charge is 0.0553 e. The van der Waals surface area contributed by atoms with Gasteiger partial charge in [-0.05, 0) is 43.5 Å². The molecule has 1 aliphatic heterocycles. The Morgan fingerprint density at radius 2 is 1.71 bits per heavy atom. The van der Waals surface area contributed by atoms with Crippen LogP contribution in [0, 0.1) is 0 Å². The van der Waals surface area contributed by atoms with Gasteiger partial charge in [0.05, 0.1) is 6.04 Å². The molecular formula is C19H24N2. The van der Waals surface area contributed by atoms with Gasteiger partial charge in [-0.2, -0.15) is 0 Å². The van der Waals surface area contributed by atoms with E-state index >= 15 is 0 Å². The molecular weight excluding hydrogens is 256 g/mol. The maximum Gasteiger partial charge on any atom is 0.0553 e. The van der Waals surface area contributed by atoms with Gasteiger partial charge in [0, 0.05) is 24.0 Å². The zero-order valence-corrected chi connectivity index (χ0v) is 12.9. The third kappa shape index (κ3) is 2.76. The van der Waals surface area contributed by atoms with Gasteiger partial charge in [0.25, 0.3) is 0 Å². The van der Waals surface area contributed by atoms with Gasteiger partial charge >= 0.3 is 0 Å². The zero-order valence-electron chi connectivity index (χ0n) is 12.9. The Morgan fingerprint density at radius 3 is 2.43 bits per heavy atom. The molecule has 2 unspecified atom stereocenters. The van der Waals surface area contributed by atoms with E-state index in [0.29, 0.717) is 12.1 Å². The highest BCUT2D eigenvalue weighted by molar-refractivity contribution is 5.60. The fourth-order valence-electron chi connectivity index (χ4n) is 3.45. The predicted molar refractivity (Wildman–Crippen MR) is 91.0 cm³/mol. The van der Waals surface area contributed by atoms with Crippen LogP contribution < -0.4 is 10.2 Å². The highest BCUT2D eigenvalue weighted by Gasteiger charge is 2.30. The third-order valence-electron chi connectivity index (χ3n) is 4.50. The summed E-state index contributed by atoms with van der Waals surface area (Å²) in [6.07, 6.45) is 2.35. The van der Waals surface area contributed by atoms with Gasteiger partial charge in [-0.1, -0.05) is 43.3 Å². The van der Waals surface area contributed by atoms with Crippen LogP contribution in [0.5, 0.6) is 0 Å². The fraction of sp³-hybridized carbons (Fsp3) is 0.368. The first-order valence-electron chi connectivity index (χ1n) is 8.00. The van der Waals surface area contributed by atoms with Crippen molar-refractivity contribution >= 4 is 11.4 Å². The van der Waals surface area contributed by atoms with Crippen molar-refractivity contribution in [3.8, 4) is 0 Å². The maximum absolute atomic E-state index is 3.72. The topological polar surface area (TPSA) is 15.3 Å². The molecule has 2 heteroatoms. The Morgan fingerprint density at radius 1 is 1.00 bits per heavy atom. The Balaban J connectivity index is 1.94. The maximum atomic E-state index is 3.72. The zero-order chi connectivity index (χ0) is 14.7. The highest BCUT2D eigenvalue weighted by atomic mass is 15.2. The summed E-state index contributed by atoms with van der Waals surface area (Å²) in [4.78, 5) is 2.55.